The van der Waals surface area contributed by atoms with Crippen LogP contribution in [0.15, 0.2) is 59.1 Å². The molecule has 184 valence electrons. The monoisotopic (exact) mass is 476 g/mol. The van der Waals surface area contributed by atoms with Crippen molar-refractivity contribution in [1.29, 1.82) is 0 Å². The Morgan fingerprint density at radius 3 is 2.49 bits per heavy atom. The number of benzene rings is 2. The number of nitrogens with one attached hydrogen (secondary N) is 2. The molecular weight excluding hydrogens is 444 g/mol. The third-order valence-electron chi connectivity index (χ3n) is 6.20. The fourth-order valence-corrected chi connectivity index (χ4v) is 4.48. The molecule has 4 rings (SSSR count). The zero-order valence-electron chi connectivity index (χ0n) is 20.1. The van der Waals surface area contributed by atoms with Gasteiger partial charge in [-0.1, -0.05) is 61.2 Å². The molecule has 0 radical (unpaired) electrons. The Balaban J connectivity index is 1.29. The number of para-hydroxylation sites is 1. The lowest BCUT2D eigenvalue weighted by Gasteiger charge is -2.30. The van der Waals surface area contributed by atoms with Crippen molar-refractivity contribution in [3.63, 3.8) is 0 Å². The number of hydrogen-bond donors (Lipinski definition) is 2. The summed E-state index contributed by atoms with van der Waals surface area (Å²) in [7, 11) is 0. The molecule has 8 nitrogen and oxygen atoms in total. The predicted octanol–water partition coefficient (Wildman–Crippen LogP) is 4.80. The van der Waals surface area contributed by atoms with Crippen LogP contribution in [0.1, 0.15) is 69.1 Å². The van der Waals surface area contributed by atoms with Gasteiger partial charge in [-0.2, -0.15) is 4.98 Å². The van der Waals surface area contributed by atoms with Gasteiger partial charge < -0.3 is 19.9 Å². The van der Waals surface area contributed by atoms with Crippen molar-refractivity contribution in [1.82, 2.24) is 20.8 Å². The maximum atomic E-state index is 12.4. The predicted molar refractivity (Wildman–Crippen MR) is 131 cm³/mol. The Morgan fingerprint density at radius 2 is 1.74 bits per heavy atom. The number of hydrogen-bond acceptors (Lipinski definition) is 6. The Kier molecular flexibility index (Phi) is 8.13. The fourth-order valence-electron chi connectivity index (χ4n) is 4.48. The van der Waals surface area contributed by atoms with Crippen molar-refractivity contribution in [3.8, 4) is 11.5 Å². The maximum Gasteiger partial charge on any atom is 0.227 e. The molecule has 8 heteroatoms. The zero-order chi connectivity index (χ0) is 24.5. The Labute approximate surface area is 205 Å². The standard InChI is InChI=1S/C27H32N4O4/c1-20(32)30-27(16-7-2-3-8-17-27)26-29-25(35-31-26)15-14-24(33)28-19-21-10-9-13-23(18-21)34-22-11-5-4-6-12-22/h4-6,9-13,18H,2-3,7-8,14-17,19H2,1H3,(H,28,33)(H,30,32). The largest absolute Gasteiger partial charge is 0.457 e. The number of carbonyl (C=O) groups excluding carboxylic acids is 2. The van der Waals surface area contributed by atoms with E-state index in [1.165, 1.54) is 6.92 Å². The van der Waals surface area contributed by atoms with Crippen molar-refractivity contribution >= 4 is 11.8 Å². The summed E-state index contributed by atoms with van der Waals surface area (Å²) in [4.78, 5) is 28.9. The van der Waals surface area contributed by atoms with E-state index >= 15 is 0 Å². The van der Waals surface area contributed by atoms with E-state index in [2.05, 4.69) is 20.8 Å². The molecule has 1 aliphatic carbocycles. The summed E-state index contributed by atoms with van der Waals surface area (Å²) in [5.74, 6) is 2.19. The molecule has 35 heavy (non-hydrogen) atoms. The summed E-state index contributed by atoms with van der Waals surface area (Å²) in [6.45, 7) is 1.91. The first-order valence-electron chi connectivity index (χ1n) is 12.2. The highest BCUT2D eigenvalue weighted by molar-refractivity contribution is 5.76. The van der Waals surface area contributed by atoms with Crippen LogP contribution in [0.2, 0.25) is 0 Å². The van der Waals surface area contributed by atoms with Crippen LogP contribution >= 0.6 is 0 Å². The molecule has 1 fully saturated rings. The summed E-state index contributed by atoms with van der Waals surface area (Å²) >= 11 is 0. The number of rotatable bonds is 9. The molecule has 1 heterocycles. The molecule has 2 amide bonds. The van der Waals surface area contributed by atoms with Crippen LogP contribution in [0.5, 0.6) is 11.5 Å². The van der Waals surface area contributed by atoms with Gasteiger partial charge in [0.1, 0.15) is 17.0 Å². The molecule has 0 saturated heterocycles. The van der Waals surface area contributed by atoms with E-state index in [-0.39, 0.29) is 18.2 Å². The first kappa shape index (κ1) is 24.4. The average Bonchev–Trinajstić information content (AvgIpc) is 3.22. The van der Waals surface area contributed by atoms with Crippen molar-refractivity contribution in [2.24, 2.45) is 0 Å². The smallest absolute Gasteiger partial charge is 0.227 e. The summed E-state index contributed by atoms with van der Waals surface area (Å²) in [6, 6.07) is 17.2. The quantitative estimate of drug-likeness (QED) is 0.430. The topological polar surface area (TPSA) is 106 Å². The minimum Gasteiger partial charge on any atom is -0.457 e. The highest BCUT2D eigenvalue weighted by Gasteiger charge is 2.38. The van der Waals surface area contributed by atoms with E-state index in [0.29, 0.717) is 30.4 Å². The average molecular weight is 477 g/mol. The molecule has 0 spiro atoms. The highest BCUT2D eigenvalue weighted by Crippen LogP contribution is 2.34. The summed E-state index contributed by atoms with van der Waals surface area (Å²) < 4.78 is 11.3. The maximum absolute atomic E-state index is 12.4. The van der Waals surface area contributed by atoms with Gasteiger partial charge in [-0.15, -0.1) is 0 Å². The van der Waals surface area contributed by atoms with Crippen LogP contribution in [-0.2, 0) is 28.1 Å². The van der Waals surface area contributed by atoms with Crippen LogP contribution in [0.25, 0.3) is 0 Å². The van der Waals surface area contributed by atoms with Gasteiger partial charge in [0.05, 0.1) is 0 Å². The van der Waals surface area contributed by atoms with Crippen molar-refractivity contribution in [2.45, 2.75) is 70.4 Å². The van der Waals surface area contributed by atoms with Gasteiger partial charge in [-0.05, 0) is 42.7 Å². The van der Waals surface area contributed by atoms with Crippen LogP contribution in [0.4, 0.5) is 0 Å². The lowest BCUT2D eigenvalue weighted by atomic mass is 9.89. The molecule has 2 aromatic carbocycles. The van der Waals surface area contributed by atoms with Gasteiger partial charge in [0.25, 0.3) is 0 Å². The van der Waals surface area contributed by atoms with E-state index < -0.39 is 5.54 Å². The van der Waals surface area contributed by atoms with Crippen LogP contribution in [-0.4, -0.2) is 22.0 Å². The Bertz CT molecular complexity index is 1120. The minimum atomic E-state index is -0.584. The third kappa shape index (κ3) is 6.91. The van der Waals surface area contributed by atoms with Crippen molar-refractivity contribution in [2.75, 3.05) is 0 Å². The highest BCUT2D eigenvalue weighted by atomic mass is 16.5. The van der Waals surface area contributed by atoms with E-state index in [9.17, 15) is 9.59 Å². The van der Waals surface area contributed by atoms with Crippen molar-refractivity contribution in [3.05, 3.63) is 71.9 Å². The fraction of sp³-hybridized carbons (Fsp3) is 0.407. The number of carbonyl (C=O) groups is 2. The first-order valence-corrected chi connectivity index (χ1v) is 12.2. The van der Waals surface area contributed by atoms with Gasteiger partial charge in [0, 0.05) is 26.3 Å². The van der Waals surface area contributed by atoms with E-state index in [4.69, 9.17) is 9.26 Å². The lowest BCUT2D eigenvalue weighted by molar-refractivity contribution is -0.122. The summed E-state index contributed by atoms with van der Waals surface area (Å²) in [5.41, 5.74) is 0.358. The molecule has 3 aromatic rings. The molecule has 0 bridgehead atoms. The second-order valence-corrected chi connectivity index (χ2v) is 9.03. The van der Waals surface area contributed by atoms with Crippen LogP contribution in [0, 0.1) is 0 Å². The number of nitrogens with zero attached hydrogens (tertiary/aromatic N) is 2. The van der Waals surface area contributed by atoms with Crippen molar-refractivity contribution < 1.29 is 18.8 Å². The normalized spacial score (nSPS) is 15.1. The van der Waals surface area contributed by atoms with Gasteiger partial charge in [0.2, 0.25) is 17.7 Å². The zero-order valence-corrected chi connectivity index (χ0v) is 20.1. The summed E-state index contributed by atoms with van der Waals surface area (Å²) in [5, 5.41) is 10.2. The Morgan fingerprint density at radius 1 is 1.00 bits per heavy atom. The lowest BCUT2D eigenvalue weighted by Crippen LogP contribution is -2.45. The molecule has 1 aliphatic rings. The van der Waals surface area contributed by atoms with E-state index in [1.54, 1.807) is 0 Å². The molecule has 1 saturated carbocycles. The molecule has 0 atom stereocenters. The molecular formula is C27H32N4O4. The van der Waals surface area contributed by atoms with Gasteiger partial charge in [0.15, 0.2) is 5.82 Å². The number of ether oxygens (including phenoxy) is 1. The van der Waals surface area contributed by atoms with Gasteiger partial charge >= 0.3 is 0 Å². The molecule has 1 aromatic heterocycles. The van der Waals surface area contributed by atoms with Gasteiger partial charge in [-0.25, -0.2) is 0 Å². The number of amides is 2. The van der Waals surface area contributed by atoms with Crippen LogP contribution in [0.3, 0.4) is 0 Å². The molecule has 0 unspecified atom stereocenters. The van der Waals surface area contributed by atoms with Gasteiger partial charge in [-0.3, -0.25) is 9.59 Å². The second kappa shape index (κ2) is 11.6. The first-order chi connectivity index (χ1) is 17.0. The molecule has 0 aliphatic heterocycles. The van der Waals surface area contributed by atoms with E-state index in [0.717, 1.165) is 49.8 Å². The minimum absolute atomic E-state index is 0.101. The second-order valence-electron chi connectivity index (χ2n) is 9.03. The Hall–Kier alpha value is -3.68. The number of aryl methyl sites for hydroxylation is 1. The summed E-state index contributed by atoms with van der Waals surface area (Å²) in [6.07, 6.45) is 6.43. The number of aromatic nitrogens is 2. The van der Waals surface area contributed by atoms with Crippen LogP contribution < -0.4 is 15.4 Å². The SMILES string of the molecule is CC(=O)NC1(c2noc(CCC(=O)NCc3cccc(Oc4ccccc4)c3)n2)CCCCCC1. The molecule has 2 N–H and O–H groups in total. The third-order valence-corrected chi connectivity index (χ3v) is 6.20. The van der Waals surface area contributed by atoms with E-state index in [1.807, 2.05) is 54.6 Å².